The van der Waals surface area contributed by atoms with Crippen molar-refractivity contribution in [2.45, 2.75) is 64.7 Å². The predicted octanol–water partition coefficient (Wildman–Crippen LogP) is 2.96. The van der Waals surface area contributed by atoms with E-state index in [1.54, 1.807) is 0 Å². The van der Waals surface area contributed by atoms with Crippen molar-refractivity contribution in [2.24, 2.45) is 11.8 Å². The zero-order valence-corrected chi connectivity index (χ0v) is 12.0. The molecule has 1 aliphatic rings. The van der Waals surface area contributed by atoms with Crippen molar-refractivity contribution in [3.8, 4) is 0 Å². The summed E-state index contributed by atoms with van der Waals surface area (Å²) in [6.07, 6.45) is 8.22. The van der Waals surface area contributed by atoms with Crippen LogP contribution < -0.4 is 5.32 Å². The largest absolute Gasteiger partial charge is 0.481 e. The Morgan fingerprint density at radius 3 is 2.21 bits per heavy atom. The van der Waals surface area contributed by atoms with Gasteiger partial charge in [-0.1, -0.05) is 26.2 Å². The monoisotopic (exact) mass is 269 g/mol. The van der Waals surface area contributed by atoms with Gasteiger partial charge in [-0.25, -0.2) is 0 Å². The highest BCUT2D eigenvalue weighted by Crippen LogP contribution is 2.30. The van der Waals surface area contributed by atoms with Crippen LogP contribution in [0.15, 0.2) is 0 Å². The second-order valence-electron chi connectivity index (χ2n) is 5.70. The van der Waals surface area contributed by atoms with Crippen LogP contribution in [0.1, 0.15) is 64.7 Å². The number of carboxylic acid groups (broad SMARTS) is 1. The molecule has 0 aromatic carbocycles. The Hall–Kier alpha value is -1.06. The summed E-state index contributed by atoms with van der Waals surface area (Å²) in [5.74, 6) is 0.824. The Morgan fingerprint density at radius 1 is 1.05 bits per heavy atom. The lowest BCUT2D eigenvalue weighted by atomic mass is 9.81. The molecule has 1 aliphatic carbocycles. The lowest BCUT2D eigenvalue weighted by Crippen LogP contribution is -2.31. The molecule has 0 aromatic heterocycles. The first kappa shape index (κ1) is 16.0. The van der Waals surface area contributed by atoms with E-state index in [-0.39, 0.29) is 12.3 Å². The van der Waals surface area contributed by atoms with E-state index in [9.17, 15) is 9.59 Å². The first-order chi connectivity index (χ1) is 9.11. The molecule has 2 N–H and O–H groups in total. The Bertz CT molecular complexity index is 283. The molecule has 0 heterocycles. The zero-order valence-electron chi connectivity index (χ0n) is 12.0. The van der Waals surface area contributed by atoms with Crippen molar-refractivity contribution in [1.29, 1.82) is 0 Å². The summed E-state index contributed by atoms with van der Waals surface area (Å²) in [4.78, 5) is 21.9. The first-order valence-electron chi connectivity index (χ1n) is 7.60. The summed E-state index contributed by atoms with van der Waals surface area (Å²) >= 11 is 0. The Morgan fingerprint density at radius 2 is 1.63 bits per heavy atom. The summed E-state index contributed by atoms with van der Waals surface area (Å²) in [7, 11) is 0. The summed E-state index contributed by atoms with van der Waals surface area (Å²) in [6, 6.07) is 0. The van der Waals surface area contributed by atoms with Crippen LogP contribution >= 0.6 is 0 Å². The average Bonchev–Trinajstić information content (AvgIpc) is 2.41. The van der Waals surface area contributed by atoms with Crippen molar-refractivity contribution in [2.75, 3.05) is 6.54 Å². The van der Waals surface area contributed by atoms with Crippen molar-refractivity contribution in [1.82, 2.24) is 5.32 Å². The molecular weight excluding hydrogens is 242 g/mol. The average molecular weight is 269 g/mol. The van der Waals surface area contributed by atoms with E-state index in [4.69, 9.17) is 5.11 Å². The van der Waals surface area contributed by atoms with E-state index in [1.165, 1.54) is 32.1 Å². The van der Waals surface area contributed by atoms with Crippen LogP contribution in [0, 0.1) is 11.8 Å². The molecule has 0 atom stereocenters. The minimum Gasteiger partial charge on any atom is -0.481 e. The van der Waals surface area contributed by atoms with Gasteiger partial charge >= 0.3 is 5.97 Å². The molecule has 4 heteroatoms. The Balaban J connectivity index is 2.02. The molecule has 0 unspecified atom stereocenters. The number of aliphatic carboxylic acids is 1. The first-order valence-corrected chi connectivity index (χ1v) is 7.60. The summed E-state index contributed by atoms with van der Waals surface area (Å²) in [6.45, 7) is 3.05. The zero-order chi connectivity index (χ0) is 14.1. The normalized spacial score (nSPS) is 23.0. The molecular formula is C15H27NO3. The van der Waals surface area contributed by atoms with Crippen molar-refractivity contribution in [3.63, 3.8) is 0 Å². The lowest BCUT2D eigenvalue weighted by Gasteiger charge is -2.27. The minimum absolute atomic E-state index is 0.0722. The van der Waals surface area contributed by atoms with Gasteiger partial charge < -0.3 is 10.4 Å². The van der Waals surface area contributed by atoms with E-state index < -0.39 is 5.97 Å². The SMILES string of the molecule is CCC1CCC(CNC(=O)CCCCC(=O)O)CC1. The third-order valence-electron chi connectivity index (χ3n) is 4.18. The predicted molar refractivity (Wildman–Crippen MR) is 74.9 cm³/mol. The molecule has 4 nitrogen and oxygen atoms in total. The molecule has 0 saturated heterocycles. The molecule has 1 saturated carbocycles. The summed E-state index contributed by atoms with van der Waals surface area (Å²) in [5.41, 5.74) is 0. The third kappa shape index (κ3) is 7.19. The lowest BCUT2D eigenvalue weighted by molar-refractivity contribution is -0.137. The number of amides is 1. The maximum Gasteiger partial charge on any atom is 0.303 e. The van der Waals surface area contributed by atoms with Crippen LogP contribution in [0.2, 0.25) is 0 Å². The standard InChI is InChI=1S/C15H27NO3/c1-2-12-7-9-13(10-8-12)11-16-14(17)5-3-4-6-15(18)19/h12-13H,2-11H2,1H3,(H,16,17)(H,18,19). The number of rotatable bonds is 8. The quantitative estimate of drug-likeness (QED) is 0.666. The van der Waals surface area contributed by atoms with Crippen LogP contribution in [0.3, 0.4) is 0 Å². The van der Waals surface area contributed by atoms with Gasteiger partial charge in [0.05, 0.1) is 0 Å². The maximum atomic E-state index is 11.6. The number of hydrogen-bond acceptors (Lipinski definition) is 2. The molecule has 1 fully saturated rings. The van der Waals surface area contributed by atoms with Gasteiger partial charge in [0.1, 0.15) is 0 Å². The van der Waals surface area contributed by atoms with Gasteiger partial charge in [0.25, 0.3) is 0 Å². The van der Waals surface area contributed by atoms with Crippen molar-refractivity contribution in [3.05, 3.63) is 0 Å². The summed E-state index contributed by atoms with van der Waals surface area (Å²) < 4.78 is 0. The third-order valence-corrected chi connectivity index (χ3v) is 4.18. The molecule has 0 spiro atoms. The highest BCUT2D eigenvalue weighted by molar-refractivity contribution is 5.75. The van der Waals surface area contributed by atoms with Crippen LogP contribution in [-0.2, 0) is 9.59 Å². The van der Waals surface area contributed by atoms with Gasteiger partial charge in [0.2, 0.25) is 5.91 Å². The minimum atomic E-state index is -0.784. The highest BCUT2D eigenvalue weighted by Gasteiger charge is 2.20. The molecule has 19 heavy (non-hydrogen) atoms. The Labute approximate surface area is 116 Å². The number of carbonyl (C=O) groups excluding carboxylic acids is 1. The topological polar surface area (TPSA) is 66.4 Å². The van der Waals surface area contributed by atoms with Gasteiger partial charge in [-0.3, -0.25) is 9.59 Å². The van der Waals surface area contributed by atoms with E-state index in [1.807, 2.05) is 0 Å². The van der Waals surface area contributed by atoms with E-state index >= 15 is 0 Å². The maximum absolute atomic E-state index is 11.6. The second kappa shape index (κ2) is 8.94. The molecule has 1 rings (SSSR count). The smallest absolute Gasteiger partial charge is 0.303 e. The molecule has 110 valence electrons. The fourth-order valence-electron chi connectivity index (χ4n) is 2.75. The molecule has 1 amide bonds. The fourth-order valence-corrected chi connectivity index (χ4v) is 2.75. The van der Waals surface area contributed by atoms with Gasteiger partial charge in [-0.15, -0.1) is 0 Å². The second-order valence-corrected chi connectivity index (χ2v) is 5.70. The van der Waals surface area contributed by atoms with Gasteiger partial charge in [0, 0.05) is 19.4 Å². The number of carboxylic acids is 1. The van der Waals surface area contributed by atoms with Crippen LogP contribution in [0.25, 0.3) is 0 Å². The van der Waals surface area contributed by atoms with E-state index in [0.717, 1.165) is 12.5 Å². The van der Waals surface area contributed by atoms with Crippen LogP contribution in [-0.4, -0.2) is 23.5 Å². The van der Waals surface area contributed by atoms with Crippen LogP contribution in [0.5, 0.6) is 0 Å². The van der Waals surface area contributed by atoms with Gasteiger partial charge in [-0.05, 0) is 37.5 Å². The molecule has 0 bridgehead atoms. The van der Waals surface area contributed by atoms with Crippen molar-refractivity contribution < 1.29 is 14.7 Å². The number of carbonyl (C=O) groups is 2. The van der Waals surface area contributed by atoms with Gasteiger partial charge in [-0.2, -0.15) is 0 Å². The molecule has 0 aliphatic heterocycles. The molecule has 0 aromatic rings. The van der Waals surface area contributed by atoms with Crippen molar-refractivity contribution >= 4 is 11.9 Å². The summed E-state index contributed by atoms with van der Waals surface area (Å²) in [5, 5.41) is 11.5. The highest BCUT2D eigenvalue weighted by atomic mass is 16.4. The number of hydrogen-bond donors (Lipinski definition) is 2. The van der Waals surface area contributed by atoms with Gasteiger partial charge in [0.15, 0.2) is 0 Å². The Kier molecular flexibility index (Phi) is 7.53. The fraction of sp³-hybridized carbons (Fsp3) is 0.867. The van der Waals surface area contributed by atoms with E-state index in [2.05, 4.69) is 12.2 Å². The molecule has 0 radical (unpaired) electrons. The van der Waals surface area contributed by atoms with E-state index in [0.29, 0.717) is 25.2 Å². The number of nitrogens with one attached hydrogen (secondary N) is 1. The number of unbranched alkanes of at least 4 members (excludes halogenated alkanes) is 1. The van der Waals surface area contributed by atoms with Crippen LogP contribution in [0.4, 0.5) is 0 Å².